The van der Waals surface area contributed by atoms with Crippen molar-refractivity contribution < 1.29 is 13.2 Å². The molecule has 1 N–H and O–H groups in total. The van der Waals surface area contributed by atoms with Crippen LogP contribution in [0.1, 0.15) is 30.5 Å². The van der Waals surface area contributed by atoms with Crippen LogP contribution in [0.25, 0.3) is 0 Å². The minimum Gasteiger partial charge on any atom is -0.489 e. The monoisotopic (exact) mass is 346 g/mol. The largest absolute Gasteiger partial charge is 0.489 e. The van der Waals surface area contributed by atoms with Gasteiger partial charge in [0, 0.05) is 18.4 Å². The van der Waals surface area contributed by atoms with E-state index in [0.717, 1.165) is 23.3 Å². The highest BCUT2D eigenvalue weighted by molar-refractivity contribution is 7.90. The van der Waals surface area contributed by atoms with Crippen molar-refractivity contribution in [3.8, 4) is 5.75 Å². The Morgan fingerprint density at radius 2 is 1.88 bits per heavy atom. The van der Waals surface area contributed by atoms with Crippen LogP contribution in [-0.4, -0.2) is 24.7 Å². The Hall–Kier alpha value is -1.92. The molecule has 128 valence electrons. The summed E-state index contributed by atoms with van der Waals surface area (Å²) in [6.07, 6.45) is 4.92. The number of pyridine rings is 1. The van der Waals surface area contributed by atoms with Crippen molar-refractivity contribution in [2.45, 2.75) is 44.6 Å². The number of ether oxygens (including phenoxy) is 1. The van der Waals surface area contributed by atoms with Gasteiger partial charge >= 0.3 is 0 Å². The molecular formula is C18H22N2O3S. The topological polar surface area (TPSA) is 68.3 Å². The van der Waals surface area contributed by atoms with Crippen molar-refractivity contribution in [3.63, 3.8) is 0 Å². The number of hydrogen-bond donors (Lipinski definition) is 1. The van der Waals surface area contributed by atoms with Gasteiger partial charge < -0.3 is 4.74 Å². The minimum atomic E-state index is -3.24. The standard InChI is InChI=1S/C18H22N2O3S/c1-13(2)24(21,22)20-17-9-15-3-4-18(11-16(15)10-17)23-12-14-5-7-19-8-6-14/h3-8,11,13,17,20H,9-10,12H2,1-2H3/t17-/m0/s1. The molecule has 6 heteroatoms. The molecule has 0 saturated carbocycles. The number of aromatic nitrogens is 1. The summed E-state index contributed by atoms with van der Waals surface area (Å²) in [7, 11) is -3.24. The normalized spacial score (nSPS) is 17.0. The van der Waals surface area contributed by atoms with Crippen LogP contribution in [-0.2, 0) is 29.5 Å². The molecular weight excluding hydrogens is 324 g/mol. The van der Waals surface area contributed by atoms with Crippen molar-refractivity contribution in [2.24, 2.45) is 0 Å². The molecule has 3 rings (SSSR count). The first-order valence-electron chi connectivity index (χ1n) is 8.08. The highest BCUT2D eigenvalue weighted by Crippen LogP contribution is 2.27. The summed E-state index contributed by atoms with van der Waals surface area (Å²) in [5.74, 6) is 0.804. The van der Waals surface area contributed by atoms with Crippen LogP contribution >= 0.6 is 0 Å². The minimum absolute atomic E-state index is 0.0668. The van der Waals surface area contributed by atoms with E-state index >= 15 is 0 Å². The van der Waals surface area contributed by atoms with Crippen molar-refractivity contribution in [2.75, 3.05) is 0 Å². The van der Waals surface area contributed by atoms with Crippen LogP contribution < -0.4 is 9.46 Å². The predicted octanol–water partition coefficient (Wildman–Crippen LogP) is 2.46. The Morgan fingerprint density at radius 1 is 1.17 bits per heavy atom. The number of hydrogen-bond acceptors (Lipinski definition) is 4. The van der Waals surface area contributed by atoms with E-state index < -0.39 is 15.3 Å². The van der Waals surface area contributed by atoms with Gasteiger partial charge in [0.05, 0.1) is 5.25 Å². The maximum atomic E-state index is 12.0. The first-order chi connectivity index (χ1) is 11.4. The van der Waals surface area contributed by atoms with Gasteiger partial charge in [-0.05, 0) is 67.6 Å². The van der Waals surface area contributed by atoms with Gasteiger partial charge in [-0.1, -0.05) is 6.07 Å². The fourth-order valence-corrected chi connectivity index (χ4v) is 3.69. The smallest absolute Gasteiger partial charge is 0.214 e. The summed E-state index contributed by atoms with van der Waals surface area (Å²) in [6.45, 7) is 3.87. The molecule has 1 aromatic heterocycles. The molecule has 0 unspecified atom stereocenters. The van der Waals surface area contributed by atoms with E-state index in [4.69, 9.17) is 4.74 Å². The average Bonchev–Trinajstić information content (AvgIpc) is 2.94. The van der Waals surface area contributed by atoms with Crippen LogP contribution in [0.2, 0.25) is 0 Å². The molecule has 0 radical (unpaired) electrons. The molecule has 2 aromatic rings. The molecule has 0 bridgehead atoms. The van der Waals surface area contributed by atoms with Crippen LogP contribution in [0.3, 0.4) is 0 Å². The molecule has 1 atom stereocenters. The summed E-state index contributed by atoms with van der Waals surface area (Å²) in [6, 6.07) is 9.76. The third-order valence-corrected chi connectivity index (χ3v) is 6.12. The lowest BCUT2D eigenvalue weighted by Gasteiger charge is -2.14. The number of benzene rings is 1. The lowest BCUT2D eigenvalue weighted by molar-refractivity contribution is 0.306. The Balaban J connectivity index is 1.64. The van der Waals surface area contributed by atoms with Crippen LogP contribution in [0.5, 0.6) is 5.75 Å². The van der Waals surface area contributed by atoms with Gasteiger partial charge in [0.25, 0.3) is 0 Å². The lowest BCUT2D eigenvalue weighted by atomic mass is 10.1. The van der Waals surface area contributed by atoms with E-state index in [0.29, 0.717) is 13.0 Å². The zero-order valence-corrected chi connectivity index (χ0v) is 14.7. The van der Waals surface area contributed by atoms with E-state index in [1.807, 2.05) is 30.3 Å². The summed E-state index contributed by atoms with van der Waals surface area (Å²) >= 11 is 0. The maximum absolute atomic E-state index is 12.0. The van der Waals surface area contributed by atoms with Crippen LogP contribution in [0.4, 0.5) is 0 Å². The highest BCUT2D eigenvalue weighted by atomic mass is 32.2. The Bertz CT molecular complexity index is 804. The van der Waals surface area contributed by atoms with Gasteiger partial charge in [-0.2, -0.15) is 0 Å². The first kappa shape index (κ1) is 16.9. The van der Waals surface area contributed by atoms with E-state index in [1.165, 1.54) is 5.56 Å². The molecule has 0 fully saturated rings. The average molecular weight is 346 g/mol. The van der Waals surface area contributed by atoms with Gasteiger partial charge in [-0.15, -0.1) is 0 Å². The third kappa shape index (κ3) is 3.94. The number of sulfonamides is 1. The van der Waals surface area contributed by atoms with Gasteiger partial charge in [0.15, 0.2) is 0 Å². The molecule has 24 heavy (non-hydrogen) atoms. The summed E-state index contributed by atoms with van der Waals surface area (Å²) in [5.41, 5.74) is 3.40. The second kappa shape index (κ2) is 6.91. The van der Waals surface area contributed by atoms with Crippen LogP contribution in [0.15, 0.2) is 42.7 Å². The number of fused-ring (bicyclic) bond motifs is 1. The SMILES string of the molecule is CC(C)S(=O)(=O)N[C@H]1Cc2ccc(OCc3ccncc3)cc2C1. The Labute approximate surface area is 143 Å². The molecule has 0 saturated heterocycles. The van der Waals surface area contributed by atoms with Crippen molar-refractivity contribution in [1.82, 2.24) is 9.71 Å². The molecule has 0 spiro atoms. The molecule has 0 amide bonds. The second-order valence-electron chi connectivity index (χ2n) is 6.39. The van der Waals surface area contributed by atoms with Crippen LogP contribution in [0, 0.1) is 0 Å². The lowest BCUT2D eigenvalue weighted by Crippen LogP contribution is -2.39. The zero-order chi connectivity index (χ0) is 17.2. The zero-order valence-electron chi connectivity index (χ0n) is 13.9. The number of nitrogens with zero attached hydrogens (tertiary/aromatic N) is 1. The molecule has 5 nitrogen and oxygen atoms in total. The summed E-state index contributed by atoms with van der Waals surface area (Å²) in [4.78, 5) is 3.99. The van der Waals surface area contributed by atoms with Gasteiger partial charge in [0.1, 0.15) is 12.4 Å². The molecule has 1 heterocycles. The van der Waals surface area contributed by atoms with E-state index in [-0.39, 0.29) is 6.04 Å². The van der Waals surface area contributed by atoms with Gasteiger partial charge in [-0.3, -0.25) is 4.98 Å². The number of nitrogens with one attached hydrogen (secondary N) is 1. The molecule has 1 aliphatic carbocycles. The maximum Gasteiger partial charge on any atom is 0.214 e. The first-order valence-corrected chi connectivity index (χ1v) is 9.63. The van der Waals surface area contributed by atoms with Gasteiger partial charge in [-0.25, -0.2) is 13.1 Å². The van der Waals surface area contributed by atoms with E-state index in [9.17, 15) is 8.42 Å². The molecule has 1 aromatic carbocycles. The van der Waals surface area contributed by atoms with E-state index in [2.05, 4.69) is 9.71 Å². The van der Waals surface area contributed by atoms with E-state index in [1.54, 1.807) is 26.2 Å². The van der Waals surface area contributed by atoms with Gasteiger partial charge in [0.2, 0.25) is 10.0 Å². The van der Waals surface area contributed by atoms with Crippen molar-refractivity contribution in [3.05, 3.63) is 59.4 Å². The fourth-order valence-electron chi connectivity index (χ4n) is 2.78. The summed E-state index contributed by atoms with van der Waals surface area (Å²) < 4.78 is 32.7. The summed E-state index contributed by atoms with van der Waals surface area (Å²) in [5, 5.41) is -0.416. The van der Waals surface area contributed by atoms with Crippen molar-refractivity contribution in [1.29, 1.82) is 0 Å². The second-order valence-corrected chi connectivity index (χ2v) is 8.66. The predicted molar refractivity (Wildman–Crippen MR) is 93.4 cm³/mol. The third-order valence-electron chi connectivity index (χ3n) is 4.22. The van der Waals surface area contributed by atoms with Crippen molar-refractivity contribution >= 4 is 10.0 Å². The number of rotatable bonds is 6. The Morgan fingerprint density at radius 3 is 2.58 bits per heavy atom. The molecule has 1 aliphatic rings. The fraction of sp³-hybridized carbons (Fsp3) is 0.389. The Kier molecular flexibility index (Phi) is 4.87. The highest BCUT2D eigenvalue weighted by Gasteiger charge is 2.27. The molecule has 0 aliphatic heterocycles. The quantitative estimate of drug-likeness (QED) is 0.872.